The lowest BCUT2D eigenvalue weighted by Gasteiger charge is -2.37. The number of rotatable bonds is 7. The van der Waals surface area contributed by atoms with Gasteiger partial charge >= 0.3 is 6.18 Å². The van der Waals surface area contributed by atoms with Crippen molar-refractivity contribution >= 4 is 34.9 Å². The summed E-state index contributed by atoms with van der Waals surface area (Å²) in [4.78, 5) is 17.9. The minimum absolute atomic E-state index is 0.00752. The van der Waals surface area contributed by atoms with Crippen LogP contribution >= 0.6 is 11.8 Å². The minimum Gasteiger partial charge on any atom is -0.378 e. The maximum Gasteiger partial charge on any atom is 0.401 e. The third-order valence-corrected chi connectivity index (χ3v) is 9.00. The number of hydrogen-bond acceptors (Lipinski definition) is 5. The molecule has 0 bridgehead atoms. The van der Waals surface area contributed by atoms with Gasteiger partial charge in [-0.15, -0.1) is 11.8 Å². The van der Waals surface area contributed by atoms with E-state index in [2.05, 4.69) is 19.2 Å². The van der Waals surface area contributed by atoms with Gasteiger partial charge in [0.25, 0.3) is 5.56 Å². The number of aromatic nitrogens is 1. The molecule has 206 valence electrons. The molecule has 10 heteroatoms. The summed E-state index contributed by atoms with van der Waals surface area (Å²) in [6.07, 6.45) is -1.56. The van der Waals surface area contributed by atoms with E-state index in [-0.39, 0.29) is 35.9 Å². The van der Waals surface area contributed by atoms with Gasteiger partial charge in [-0.05, 0) is 54.7 Å². The van der Waals surface area contributed by atoms with Gasteiger partial charge in [-0.1, -0.05) is 25.1 Å². The number of benzene rings is 1. The molecule has 5 rings (SSSR count). The fourth-order valence-corrected chi connectivity index (χ4v) is 6.64. The van der Waals surface area contributed by atoms with Crippen LogP contribution in [0.4, 0.5) is 29.1 Å². The summed E-state index contributed by atoms with van der Waals surface area (Å²) in [6.45, 7) is 4.70. The average Bonchev–Trinajstić information content (AvgIpc) is 3.56. The molecule has 0 spiro atoms. The van der Waals surface area contributed by atoms with Crippen LogP contribution in [0.3, 0.4) is 0 Å². The highest BCUT2D eigenvalue weighted by Gasteiger charge is 2.38. The number of fused-ring (bicyclic) bond motifs is 1. The quantitative estimate of drug-likeness (QED) is 0.532. The molecule has 2 fully saturated rings. The van der Waals surface area contributed by atoms with Crippen molar-refractivity contribution in [2.75, 3.05) is 42.9 Å². The molecule has 4 unspecified atom stereocenters. The standard InChI is InChI=1S/C28H34F4N4OS/c1-17-12-19(18(2)33-23-6-4-5-7-24(23)38-25-15-22(25)29)20-14-26(34(3)27(37)21(20)13-17)36-10-8-35(9-11-36)16-28(30,31)32/h4-7,13-14,17-18,22,25,33H,8-12,15-16H2,1-3H3. The highest BCUT2D eigenvalue weighted by molar-refractivity contribution is 8.00. The first-order chi connectivity index (χ1) is 18.0. The number of nitrogens with zero attached hydrogens (tertiary/aromatic N) is 3. The van der Waals surface area contributed by atoms with Gasteiger partial charge in [0.15, 0.2) is 0 Å². The van der Waals surface area contributed by atoms with Gasteiger partial charge in [0, 0.05) is 60.3 Å². The molecule has 3 aliphatic rings. The third kappa shape index (κ3) is 5.91. The third-order valence-electron chi connectivity index (χ3n) is 7.60. The van der Waals surface area contributed by atoms with Crippen molar-refractivity contribution in [3.8, 4) is 0 Å². The Hall–Kier alpha value is -2.46. The van der Waals surface area contributed by atoms with Gasteiger partial charge < -0.3 is 10.2 Å². The van der Waals surface area contributed by atoms with E-state index in [1.807, 2.05) is 41.3 Å². The molecule has 0 radical (unpaired) electrons. The Balaban J connectivity index is 1.46. The van der Waals surface area contributed by atoms with Crippen molar-refractivity contribution in [1.82, 2.24) is 9.47 Å². The monoisotopic (exact) mass is 550 g/mol. The van der Waals surface area contributed by atoms with Crippen LogP contribution in [0.2, 0.25) is 0 Å². The highest BCUT2D eigenvalue weighted by Crippen LogP contribution is 2.44. The summed E-state index contributed by atoms with van der Waals surface area (Å²) in [5.74, 6) is 0.918. The number of nitrogens with one attached hydrogen (secondary N) is 1. The maximum atomic E-state index is 13.6. The maximum absolute atomic E-state index is 13.6. The van der Waals surface area contributed by atoms with Crippen molar-refractivity contribution in [3.63, 3.8) is 0 Å². The summed E-state index contributed by atoms with van der Waals surface area (Å²) in [5, 5.41) is 5.20. The topological polar surface area (TPSA) is 40.5 Å². The van der Waals surface area contributed by atoms with E-state index < -0.39 is 18.9 Å². The first-order valence-electron chi connectivity index (χ1n) is 13.2. The molecule has 2 aromatic rings. The second kappa shape index (κ2) is 10.6. The lowest BCUT2D eigenvalue weighted by molar-refractivity contribution is -0.146. The summed E-state index contributed by atoms with van der Waals surface area (Å²) in [7, 11) is 1.73. The van der Waals surface area contributed by atoms with E-state index in [4.69, 9.17) is 0 Å². The molecule has 1 aliphatic heterocycles. The zero-order valence-electron chi connectivity index (χ0n) is 21.9. The molecule has 1 aromatic carbocycles. The summed E-state index contributed by atoms with van der Waals surface area (Å²) < 4.78 is 53.7. The molecule has 5 nitrogen and oxygen atoms in total. The SMILES string of the molecule is CC1C=c2c(cc(N3CCN(CC(F)(F)F)CC3)n(C)c2=O)=C(C(C)Nc2ccccc2SC2CC2F)C1. The van der Waals surface area contributed by atoms with E-state index >= 15 is 0 Å². The largest absolute Gasteiger partial charge is 0.401 e. The van der Waals surface area contributed by atoms with Crippen molar-refractivity contribution in [2.45, 2.75) is 55.2 Å². The van der Waals surface area contributed by atoms with Gasteiger partial charge in [-0.2, -0.15) is 13.2 Å². The predicted octanol–water partition coefficient (Wildman–Crippen LogP) is 3.74. The van der Waals surface area contributed by atoms with Crippen molar-refractivity contribution < 1.29 is 17.6 Å². The Bertz CT molecular complexity index is 1370. The molecule has 4 atom stereocenters. The first kappa shape index (κ1) is 27.1. The number of alkyl halides is 4. The second-order valence-electron chi connectivity index (χ2n) is 10.7. The van der Waals surface area contributed by atoms with Crippen LogP contribution in [0, 0.1) is 5.92 Å². The van der Waals surface area contributed by atoms with Gasteiger partial charge in [0.2, 0.25) is 0 Å². The van der Waals surface area contributed by atoms with Crippen LogP contribution in [0.1, 0.15) is 26.7 Å². The Morgan fingerprint density at radius 1 is 1.16 bits per heavy atom. The molecular weight excluding hydrogens is 516 g/mol. The zero-order valence-corrected chi connectivity index (χ0v) is 22.7. The Labute approximate surface area is 224 Å². The molecule has 38 heavy (non-hydrogen) atoms. The number of anilines is 2. The van der Waals surface area contributed by atoms with Crippen LogP contribution < -0.4 is 26.2 Å². The number of para-hydroxylation sites is 1. The van der Waals surface area contributed by atoms with Gasteiger partial charge in [-0.25, -0.2) is 4.39 Å². The van der Waals surface area contributed by atoms with E-state index in [1.165, 1.54) is 4.90 Å². The zero-order chi connectivity index (χ0) is 27.2. The molecule has 2 heterocycles. The van der Waals surface area contributed by atoms with E-state index in [0.29, 0.717) is 24.7 Å². The van der Waals surface area contributed by atoms with Crippen LogP contribution in [-0.2, 0) is 7.05 Å². The number of halogens is 4. The van der Waals surface area contributed by atoms with Gasteiger partial charge in [-0.3, -0.25) is 14.3 Å². The van der Waals surface area contributed by atoms with Crippen LogP contribution in [-0.4, -0.2) is 65.8 Å². The van der Waals surface area contributed by atoms with Gasteiger partial charge in [0.1, 0.15) is 12.0 Å². The normalized spacial score (nSPS) is 24.6. The lowest BCUT2D eigenvalue weighted by atomic mass is 9.89. The predicted molar refractivity (Wildman–Crippen MR) is 146 cm³/mol. The highest BCUT2D eigenvalue weighted by atomic mass is 32.2. The average molecular weight is 551 g/mol. The van der Waals surface area contributed by atoms with Crippen molar-refractivity contribution in [1.29, 1.82) is 0 Å². The van der Waals surface area contributed by atoms with E-state index in [0.717, 1.165) is 33.6 Å². The Morgan fingerprint density at radius 3 is 2.50 bits per heavy atom. The molecular formula is C28H34F4N4OS. The van der Waals surface area contributed by atoms with Crippen molar-refractivity contribution in [2.24, 2.45) is 13.0 Å². The molecule has 1 saturated carbocycles. The molecule has 2 aliphatic carbocycles. The van der Waals surface area contributed by atoms with Crippen molar-refractivity contribution in [3.05, 3.63) is 51.1 Å². The van der Waals surface area contributed by atoms with E-state index in [9.17, 15) is 22.4 Å². The molecule has 1 N–H and O–H groups in total. The van der Waals surface area contributed by atoms with Gasteiger partial charge in [0.05, 0.1) is 6.54 Å². The second-order valence-corrected chi connectivity index (χ2v) is 12.0. The van der Waals surface area contributed by atoms with Crippen LogP contribution in [0.25, 0.3) is 11.6 Å². The van der Waals surface area contributed by atoms with E-state index in [1.54, 1.807) is 23.4 Å². The summed E-state index contributed by atoms with van der Waals surface area (Å²) >= 11 is 1.56. The number of pyridine rings is 1. The lowest BCUT2D eigenvalue weighted by Crippen LogP contribution is -2.53. The van der Waals surface area contributed by atoms with Crippen LogP contribution in [0.15, 0.2) is 40.0 Å². The fourth-order valence-electron chi connectivity index (χ4n) is 5.47. The molecule has 1 aromatic heterocycles. The summed E-state index contributed by atoms with van der Waals surface area (Å²) in [5.41, 5.74) is 1.98. The number of thioether (sulfide) groups is 1. The number of piperazine rings is 1. The Kier molecular flexibility index (Phi) is 7.57. The molecule has 1 saturated heterocycles. The first-order valence-corrected chi connectivity index (χ1v) is 14.0. The fraction of sp³-hybridized carbons (Fsp3) is 0.536. The Morgan fingerprint density at radius 2 is 1.84 bits per heavy atom. The molecule has 0 amide bonds. The number of hydrogen-bond donors (Lipinski definition) is 1. The van der Waals surface area contributed by atoms with Crippen LogP contribution in [0.5, 0.6) is 0 Å². The summed E-state index contributed by atoms with van der Waals surface area (Å²) in [6, 6.07) is 9.89. The smallest absolute Gasteiger partial charge is 0.378 e. The minimum atomic E-state index is -4.22.